The first-order valence-electron chi connectivity index (χ1n) is 7.02. The lowest BCUT2D eigenvalue weighted by Crippen LogP contribution is -2.40. The van der Waals surface area contributed by atoms with Crippen molar-refractivity contribution < 1.29 is 0 Å². The minimum absolute atomic E-state index is 0.768. The second-order valence-electron chi connectivity index (χ2n) is 5.95. The minimum atomic E-state index is 0.768. The van der Waals surface area contributed by atoms with Gasteiger partial charge in [0, 0.05) is 19.1 Å². The van der Waals surface area contributed by atoms with Crippen LogP contribution in [-0.4, -0.2) is 37.6 Å². The van der Waals surface area contributed by atoms with Crippen molar-refractivity contribution >= 4 is 0 Å². The van der Waals surface area contributed by atoms with Gasteiger partial charge in [-0.2, -0.15) is 0 Å². The summed E-state index contributed by atoms with van der Waals surface area (Å²) >= 11 is 0. The molecule has 0 aromatic rings. The van der Waals surface area contributed by atoms with Gasteiger partial charge in [0.15, 0.2) is 0 Å². The van der Waals surface area contributed by atoms with E-state index in [1.807, 2.05) is 0 Å². The molecular weight excluding hydrogens is 196 g/mol. The molecule has 1 saturated carbocycles. The van der Waals surface area contributed by atoms with Gasteiger partial charge in [-0.15, -0.1) is 0 Å². The van der Waals surface area contributed by atoms with Crippen molar-refractivity contribution in [2.75, 3.05) is 26.7 Å². The molecular formula is C14H30N2. The third-order valence-corrected chi connectivity index (χ3v) is 3.54. The predicted molar refractivity (Wildman–Crippen MR) is 71.8 cm³/mol. The van der Waals surface area contributed by atoms with E-state index in [4.69, 9.17) is 0 Å². The average Bonchev–Trinajstić information content (AvgIpc) is 2.68. The highest BCUT2D eigenvalue weighted by Crippen LogP contribution is 2.24. The smallest absolute Gasteiger partial charge is 0.00954 e. The lowest BCUT2D eigenvalue weighted by molar-refractivity contribution is 0.154. The van der Waals surface area contributed by atoms with E-state index in [0.29, 0.717) is 0 Å². The molecule has 0 saturated heterocycles. The third kappa shape index (κ3) is 4.84. The van der Waals surface area contributed by atoms with E-state index in [0.717, 1.165) is 24.4 Å². The molecule has 1 aliphatic carbocycles. The van der Waals surface area contributed by atoms with E-state index >= 15 is 0 Å². The molecule has 0 aliphatic heterocycles. The molecule has 2 nitrogen and oxygen atoms in total. The number of hydrogen-bond acceptors (Lipinski definition) is 2. The summed E-state index contributed by atoms with van der Waals surface area (Å²) < 4.78 is 0. The lowest BCUT2D eigenvalue weighted by atomic mass is 10.1. The zero-order valence-corrected chi connectivity index (χ0v) is 11.6. The van der Waals surface area contributed by atoms with Crippen molar-refractivity contribution in [3.05, 3.63) is 0 Å². The minimum Gasteiger partial charge on any atom is -0.319 e. The number of hydrogen-bond donors (Lipinski definition) is 1. The fourth-order valence-corrected chi connectivity index (χ4v) is 2.92. The Kier molecular flexibility index (Phi) is 6.37. The molecule has 1 rings (SSSR count). The van der Waals surface area contributed by atoms with Crippen LogP contribution in [0.1, 0.15) is 46.5 Å². The Morgan fingerprint density at radius 3 is 2.25 bits per heavy atom. The van der Waals surface area contributed by atoms with Gasteiger partial charge in [-0.3, -0.25) is 4.90 Å². The Balaban J connectivity index is 2.42. The third-order valence-electron chi connectivity index (χ3n) is 3.54. The van der Waals surface area contributed by atoms with Crippen LogP contribution in [0.2, 0.25) is 0 Å². The maximum absolute atomic E-state index is 3.29. The first-order chi connectivity index (χ1) is 7.63. The van der Waals surface area contributed by atoms with Gasteiger partial charge >= 0.3 is 0 Å². The van der Waals surface area contributed by atoms with Crippen molar-refractivity contribution in [1.82, 2.24) is 10.2 Å². The highest BCUT2D eigenvalue weighted by atomic mass is 15.2. The summed E-state index contributed by atoms with van der Waals surface area (Å²) in [6.45, 7) is 10.7. The fourth-order valence-electron chi connectivity index (χ4n) is 2.92. The quantitative estimate of drug-likeness (QED) is 0.718. The van der Waals surface area contributed by atoms with Gasteiger partial charge in [0.2, 0.25) is 0 Å². The zero-order valence-electron chi connectivity index (χ0n) is 11.6. The van der Waals surface area contributed by atoms with Crippen LogP contribution in [-0.2, 0) is 0 Å². The second-order valence-corrected chi connectivity index (χ2v) is 5.95. The van der Waals surface area contributed by atoms with Crippen molar-refractivity contribution in [3.63, 3.8) is 0 Å². The Morgan fingerprint density at radius 1 is 1.12 bits per heavy atom. The summed E-state index contributed by atoms with van der Waals surface area (Å²) in [6, 6.07) is 0.877. The normalized spacial score (nSPS) is 19.9. The largest absolute Gasteiger partial charge is 0.319 e. The highest BCUT2D eigenvalue weighted by molar-refractivity contribution is 4.79. The highest BCUT2D eigenvalue weighted by Gasteiger charge is 2.23. The molecule has 1 N–H and O–H groups in total. The molecule has 1 unspecified atom stereocenters. The van der Waals surface area contributed by atoms with Gasteiger partial charge in [-0.1, -0.05) is 33.6 Å². The molecule has 0 radical (unpaired) electrons. The Morgan fingerprint density at radius 2 is 1.75 bits per heavy atom. The van der Waals surface area contributed by atoms with Crippen LogP contribution in [0, 0.1) is 11.8 Å². The molecule has 0 aromatic carbocycles. The summed E-state index contributed by atoms with van der Waals surface area (Å²) in [4.78, 5) is 2.75. The van der Waals surface area contributed by atoms with Crippen LogP contribution in [0.25, 0.3) is 0 Å². The van der Waals surface area contributed by atoms with E-state index in [9.17, 15) is 0 Å². The van der Waals surface area contributed by atoms with Crippen molar-refractivity contribution in [3.8, 4) is 0 Å². The van der Waals surface area contributed by atoms with Crippen LogP contribution < -0.4 is 5.32 Å². The van der Waals surface area contributed by atoms with Crippen LogP contribution in [0.15, 0.2) is 0 Å². The molecule has 0 aromatic heterocycles. The van der Waals surface area contributed by atoms with Gasteiger partial charge in [0.05, 0.1) is 0 Å². The van der Waals surface area contributed by atoms with Crippen molar-refractivity contribution in [2.24, 2.45) is 11.8 Å². The predicted octanol–water partition coefficient (Wildman–Crippen LogP) is 2.74. The molecule has 1 atom stereocenters. The summed E-state index contributed by atoms with van der Waals surface area (Å²) in [5.41, 5.74) is 0. The lowest BCUT2D eigenvalue weighted by Gasteiger charge is -2.32. The number of nitrogens with one attached hydrogen (secondary N) is 1. The van der Waals surface area contributed by atoms with Crippen LogP contribution in [0.3, 0.4) is 0 Å². The molecule has 0 amide bonds. The molecule has 1 fully saturated rings. The first kappa shape index (κ1) is 14.0. The van der Waals surface area contributed by atoms with Crippen LogP contribution in [0.4, 0.5) is 0 Å². The molecule has 2 heteroatoms. The van der Waals surface area contributed by atoms with Crippen molar-refractivity contribution in [1.29, 1.82) is 0 Å². The molecule has 0 spiro atoms. The topological polar surface area (TPSA) is 15.3 Å². The van der Waals surface area contributed by atoms with Crippen molar-refractivity contribution in [2.45, 2.75) is 52.5 Å². The van der Waals surface area contributed by atoms with Gasteiger partial charge in [-0.25, -0.2) is 0 Å². The van der Waals surface area contributed by atoms with E-state index < -0.39 is 0 Å². The maximum atomic E-state index is 3.29. The van der Waals surface area contributed by atoms with Gasteiger partial charge in [0.1, 0.15) is 0 Å². The fraction of sp³-hybridized carbons (Fsp3) is 1.00. The first-order valence-corrected chi connectivity index (χ1v) is 7.02. The Bertz CT molecular complexity index is 174. The van der Waals surface area contributed by atoms with E-state index in [-0.39, 0.29) is 0 Å². The number of rotatable bonds is 7. The van der Waals surface area contributed by atoms with Gasteiger partial charge < -0.3 is 5.32 Å². The summed E-state index contributed by atoms with van der Waals surface area (Å²) in [6.07, 6.45) is 5.75. The molecule has 1 aliphatic rings. The second kappa shape index (κ2) is 7.29. The monoisotopic (exact) mass is 226 g/mol. The summed E-state index contributed by atoms with van der Waals surface area (Å²) in [7, 11) is 2.05. The van der Waals surface area contributed by atoms with Crippen LogP contribution in [0.5, 0.6) is 0 Å². The Hall–Kier alpha value is -0.0800. The van der Waals surface area contributed by atoms with Crippen LogP contribution >= 0.6 is 0 Å². The number of nitrogens with zero attached hydrogens (tertiary/aromatic N) is 1. The standard InChI is InChI=1S/C14H30N2/c1-12(2)10-16(11-13(3)9-15-4)14-7-5-6-8-14/h12-15H,5-11H2,1-4H3. The molecule has 96 valence electrons. The van der Waals surface area contributed by atoms with E-state index in [1.165, 1.54) is 38.8 Å². The van der Waals surface area contributed by atoms with E-state index in [2.05, 4.69) is 38.0 Å². The van der Waals surface area contributed by atoms with Gasteiger partial charge in [-0.05, 0) is 38.3 Å². The van der Waals surface area contributed by atoms with Gasteiger partial charge in [0.25, 0.3) is 0 Å². The Labute approximate surface area is 102 Å². The van der Waals surface area contributed by atoms with E-state index in [1.54, 1.807) is 0 Å². The zero-order chi connectivity index (χ0) is 12.0. The SMILES string of the molecule is CNCC(C)CN(CC(C)C)C1CCCC1. The average molecular weight is 226 g/mol. The summed E-state index contributed by atoms with van der Waals surface area (Å²) in [5.74, 6) is 1.56. The summed E-state index contributed by atoms with van der Waals surface area (Å²) in [5, 5.41) is 3.29. The molecule has 0 bridgehead atoms. The molecule has 16 heavy (non-hydrogen) atoms. The molecule has 0 heterocycles. The maximum Gasteiger partial charge on any atom is 0.00954 e.